The summed E-state index contributed by atoms with van der Waals surface area (Å²) in [6.07, 6.45) is 5.86. The first-order valence-electron chi connectivity index (χ1n) is 8.73. The molecule has 0 amide bonds. The molecule has 0 saturated carbocycles. The van der Waals surface area contributed by atoms with E-state index in [9.17, 15) is 4.79 Å². The summed E-state index contributed by atoms with van der Waals surface area (Å²) >= 11 is 0. The van der Waals surface area contributed by atoms with Crippen molar-refractivity contribution in [3.05, 3.63) is 53.6 Å². The van der Waals surface area contributed by atoms with Gasteiger partial charge in [0.1, 0.15) is 5.75 Å². The van der Waals surface area contributed by atoms with Crippen LogP contribution in [0.3, 0.4) is 0 Å². The molecule has 2 aromatic carbocycles. The van der Waals surface area contributed by atoms with Crippen LogP contribution in [-0.2, 0) is 25.4 Å². The number of benzene rings is 2. The van der Waals surface area contributed by atoms with Gasteiger partial charge in [-0.05, 0) is 24.1 Å². The van der Waals surface area contributed by atoms with Crippen molar-refractivity contribution in [1.82, 2.24) is 0 Å². The van der Waals surface area contributed by atoms with Crippen molar-refractivity contribution >= 4 is 5.97 Å². The minimum absolute atomic E-state index is 0.0794. The molecular formula is C22H24O5. The topological polar surface area (TPSA) is 54.0 Å². The second-order valence-electron chi connectivity index (χ2n) is 5.67. The molecule has 0 unspecified atom stereocenters. The van der Waals surface area contributed by atoms with E-state index in [-0.39, 0.29) is 19.2 Å². The van der Waals surface area contributed by atoms with E-state index in [0.29, 0.717) is 31.1 Å². The molecule has 0 aliphatic rings. The molecule has 5 heteroatoms. The zero-order valence-electron chi connectivity index (χ0n) is 15.7. The molecule has 2 aromatic rings. The van der Waals surface area contributed by atoms with Gasteiger partial charge in [0.15, 0.2) is 6.79 Å². The van der Waals surface area contributed by atoms with Crippen LogP contribution in [0.5, 0.6) is 5.75 Å². The summed E-state index contributed by atoms with van der Waals surface area (Å²) in [6.45, 7) is 3.18. The number of hydrogen-bond acceptors (Lipinski definition) is 5. The Morgan fingerprint density at radius 1 is 1.11 bits per heavy atom. The molecule has 0 aliphatic heterocycles. The first kappa shape index (κ1) is 20.5. The Morgan fingerprint density at radius 2 is 1.89 bits per heavy atom. The van der Waals surface area contributed by atoms with E-state index in [0.717, 1.165) is 16.7 Å². The van der Waals surface area contributed by atoms with Crippen molar-refractivity contribution in [2.24, 2.45) is 0 Å². The quantitative estimate of drug-likeness (QED) is 0.278. The normalized spacial score (nSPS) is 10.3. The number of para-hydroxylation sites is 1. The maximum atomic E-state index is 11.6. The predicted molar refractivity (Wildman–Crippen MR) is 103 cm³/mol. The van der Waals surface area contributed by atoms with Crippen molar-refractivity contribution in [3.63, 3.8) is 0 Å². The number of carbonyl (C=O) groups is 1. The maximum Gasteiger partial charge on any atom is 0.310 e. The van der Waals surface area contributed by atoms with Crippen LogP contribution >= 0.6 is 0 Å². The lowest BCUT2D eigenvalue weighted by Crippen LogP contribution is -2.09. The van der Waals surface area contributed by atoms with Crippen LogP contribution < -0.4 is 4.74 Å². The number of terminal acetylenes is 1. The fourth-order valence-corrected chi connectivity index (χ4v) is 2.52. The fraction of sp³-hybridized carbons (Fsp3) is 0.318. The summed E-state index contributed by atoms with van der Waals surface area (Å²) in [7, 11) is 1.61. The first-order valence-corrected chi connectivity index (χ1v) is 8.73. The molecule has 0 bridgehead atoms. The highest BCUT2D eigenvalue weighted by atomic mass is 16.7. The average molecular weight is 368 g/mol. The second-order valence-corrected chi connectivity index (χ2v) is 5.67. The molecule has 0 saturated heterocycles. The van der Waals surface area contributed by atoms with Gasteiger partial charge in [0.2, 0.25) is 0 Å². The molecule has 2 rings (SSSR count). The Kier molecular flexibility index (Phi) is 8.37. The van der Waals surface area contributed by atoms with Crippen molar-refractivity contribution in [2.45, 2.75) is 13.3 Å². The van der Waals surface area contributed by atoms with Gasteiger partial charge in [-0.15, -0.1) is 6.42 Å². The number of esters is 1. The number of methoxy groups -OCH3 is 1. The zero-order valence-corrected chi connectivity index (χ0v) is 15.7. The van der Waals surface area contributed by atoms with Crippen molar-refractivity contribution < 1.29 is 23.7 Å². The Hall–Kier alpha value is -2.81. The third kappa shape index (κ3) is 6.14. The van der Waals surface area contributed by atoms with E-state index in [1.165, 1.54) is 0 Å². The summed E-state index contributed by atoms with van der Waals surface area (Å²) in [5.41, 5.74) is 3.34. The van der Waals surface area contributed by atoms with Crippen molar-refractivity contribution in [2.75, 3.05) is 33.7 Å². The summed E-state index contributed by atoms with van der Waals surface area (Å²) in [5, 5.41) is 0. The number of carbonyl (C=O) groups excluding carboxylic acids is 1. The summed E-state index contributed by atoms with van der Waals surface area (Å²) < 4.78 is 21.1. The van der Waals surface area contributed by atoms with Gasteiger partial charge in [-0.2, -0.15) is 0 Å². The molecular weight excluding hydrogens is 344 g/mol. The van der Waals surface area contributed by atoms with Crippen LogP contribution in [0.1, 0.15) is 18.1 Å². The lowest BCUT2D eigenvalue weighted by Gasteiger charge is -2.14. The SMILES string of the molecule is C#Cc1cccc(-c2ccc(CC(=O)OCC)cc2)c1OCOCCOC. The highest BCUT2D eigenvalue weighted by Crippen LogP contribution is 2.33. The van der Waals surface area contributed by atoms with Gasteiger partial charge in [-0.25, -0.2) is 0 Å². The van der Waals surface area contributed by atoms with E-state index < -0.39 is 0 Å². The van der Waals surface area contributed by atoms with Gasteiger partial charge in [0.25, 0.3) is 0 Å². The molecule has 0 radical (unpaired) electrons. The summed E-state index contributed by atoms with van der Waals surface area (Å²) in [6, 6.07) is 13.3. The highest BCUT2D eigenvalue weighted by molar-refractivity contribution is 5.76. The van der Waals surface area contributed by atoms with Crippen LogP contribution in [0.25, 0.3) is 11.1 Å². The summed E-state index contributed by atoms with van der Waals surface area (Å²) in [5.74, 6) is 3.00. The molecule has 27 heavy (non-hydrogen) atoms. The lowest BCUT2D eigenvalue weighted by atomic mass is 9.99. The van der Waals surface area contributed by atoms with E-state index in [1.807, 2.05) is 42.5 Å². The number of hydrogen-bond donors (Lipinski definition) is 0. The second kappa shape index (κ2) is 11.0. The maximum absolute atomic E-state index is 11.6. The third-order valence-electron chi connectivity index (χ3n) is 3.81. The zero-order chi connectivity index (χ0) is 19.5. The van der Waals surface area contributed by atoms with Crippen LogP contribution in [0.2, 0.25) is 0 Å². The van der Waals surface area contributed by atoms with Gasteiger partial charge in [-0.1, -0.05) is 42.3 Å². The highest BCUT2D eigenvalue weighted by Gasteiger charge is 2.12. The smallest absolute Gasteiger partial charge is 0.310 e. The Labute approximate surface area is 160 Å². The average Bonchev–Trinajstić information content (AvgIpc) is 2.68. The first-order chi connectivity index (χ1) is 13.2. The predicted octanol–water partition coefficient (Wildman–Crippen LogP) is 3.44. The van der Waals surface area contributed by atoms with E-state index in [4.69, 9.17) is 25.4 Å². The van der Waals surface area contributed by atoms with Crippen LogP contribution in [-0.4, -0.2) is 39.7 Å². The molecule has 142 valence electrons. The van der Waals surface area contributed by atoms with E-state index >= 15 is 0 Å². The van der Waals surface area contributed by atoms with Crippen LogP contribution in [0, 0.1) is 12.3 Å². The Balaban J connectivity index is 2.17. The van der Waals surface area contributed by atoms with Gasteiger partial charge in [0.05, 0.1) is 31.8 Å². The Morgan fingerprint density at radius 3 is 2.56 bits per heavy atom. The van der Waals surface area contributed by atoms with Crippen LogP contribution in [0.4, 0.5) is 0 Å². The Bertz CT molecular complexity index is 774. The standard InChI is InChI=1S/C22H24O5/c1-4-18-7-6-8-20(22(18)27-16-25-14-13-24-3)19-11-9-17(10-12-19)15-21(23)26-5-2/h1,6-12H,5,13-16H2,2-3H3. The minimum Gasteiger partial charge on any atom is -0.466 e. The van der Waals surface area contributed by atoms with E-state index in [1.54, 1.807) is 14.0 Å². The molecule has 0 N–H and O–H groups in total. The van der Waals surface area contributed by atoms with Gasteiger partial charge in [0, 0.05) is 12.7 Å². The molecule has 5 nitrogen and oxygen atoms in total. The van der Waals surface area contributed by atoms with Gasteiger partial charge >= 0.3 is 5.97 Å². The molecule has 0 aromatic heterocycles. The lowest BCUT2D eigenvalue weighted by molar-refractivity contribution is -0.142. The van der Waals surface area contributed by atoms with Crippen molar-refractivity contribution in [1.29, 1.82) is 0 Å². The molecule has 0 spiro atoms. The molecule has 0 heterocycles. The molecule has 0 fully saturated rings. The minimum atomic E-state index is -0.239. The van der Waals surface area contributed by atoms with Crippen molar-refractivity contribution in [3.8, 4) is 29.2 Å². The largest absolute Gasteiger partial charge is 0.466 e. The number of rotatable bonds is 10. The fourth-order valence-electron chi connectivity index (χ4n) is 2.52. The molecule has 0 aliphatic carbocycles. The van der Waals surface area contributed by atoms with Gasteiger partial charge in [-0.3, -0.25) is 4.79 Å². The number of ether oxygens (including phenoxy) is 4. The van der Waals surface area contributed by atoms with Gasteiger partial charge < -0.3 is 18.9 Å². The molecule has 0 atom stereocenters. The van der Waals surface area contributed by atoms with E-state index in [2.05, 4.69) is 5.92 Å². The van der Waals surface area contributed by atoms with Crippen LogP contribution in [0.15, 0.2) is 42.5 Å². The monoisotopic (exact) mass is 368 g/mol. The third-order valence-corrected chi connectivity index (χ3v) is 3.81. The summed E-state index contributed by atoms with van der Waals surface area (Å²) in [4.78, 5) is 11.6.